The number of rotatable bonds is 3. The number of carboxylic acids is 1. The van der Waals surface area contributed by atoms with Crippen LogP contribution in [0.5, 0.6) is 0 Å². The van der Waals surface area contributed by atoms with Crippen LogP contribution in [0.25, 0.3) is 0 Å². The first-order valence-electron chi connectivity index (χ1n) is 4.24. The lowest BCUT2D eigenvalue weighted by molar-refractivity contribution is -0.129. The van der Waals surface area contributed by atoms with E-state index in [1.807, 2.05) is 0 Å². The summed E-state index contributed by atoms with van der Waals surface area (Å²) < 4.78 is 0. The Morgan fingerprint density at radius 1 is 1.27 bits per heavy atom. The molecule has 15 heavy (non-hydrogen) atoms. The molecule has 1 aromatic carbocycles. The molecule has 78 valence electrons. The molecule has 0 spiro atoms. The van der Waals surface area contributed by atoms with Crippen LogP contribution in [0.1, 0.15) is 17.3 Å². The minimum atomic E-state index is -1.16. The average molecular weight is 206 g/mol. The third-order valence-corrected chi connectivity index (χ3v) is 1.67. The second-order valence-corrected chi connectivity index (χ2v) is 2.81. The van der Waals surface area contributed by atoms with Gasteiger partial charge in [-0.2, -0.15) is 5.10 Å². The third-order valence-electron chi connectivity index (χ3n) is 1.67. The summed E-state index contributed by atoms with van der Waals surface area (Å²) in [7, 11) is 0. The van der Waals surface area contributed by atoms with Crippen molar-refractivity contribution in [2.45, 2.75) is 6.92 Å². The van der Waals surface area contributed by atoms with Crippen LogP contribution in [0.15, 0.2) is 35.4 Å². The van der Waals surface area contributed by atoms with Crippen molar-refractivity contribution in [1.29, 1.82) is 0 Å². The lowest BCUT2D eigenvalue weighted by atomic mass is 10.2. The molecule has 0 aliphatic carbocycles. The minimum absolute atomic E-state index is 0.167. The fourth-order valence-corrected chi connectivity index (χ4v) is 0.837. The van der Waals surface area contributed by atoms with Gasteiger partial charge in [0.25, 0.3) is 5.91 Å². The number of carbonyl (C=O) groups is 2. The summed E-state index contributed by atoms with van der Waals surface area (Å²) >= 11 is 0. The molecular formula is C10H10N2O3. The molecule has 0 radical (unpaired) electrons. The fourth-order valence-electron chi connectivity index (χ4n) is 0.837. The van der Waals surface area contributed by atoms with Crippen molar-refractivity contribution < 1.29 is 14.7 Å². The maximum absolute atomic E-state index is 11.4. The quantitative estimate of drug-likeness (QED) is 0.569. The summed E-state index contributed by atoms with van der Waals surface area (Å²) in [6.07, 6.45) is 0. The smallest absolute Gasteiger partial charge is 0.351 e. The van der Waals surface area contributed by atoms with E-state index in [0.717, 1.165) is 0 Å². The average Bonchev–Trinajstić information content (AvgIpc) is 2.26. The molecule has 0 saturated carbocycles. The first kappa shape index (κ1) is 10.9. The largest absolute Gasteiger partial charge is 0.477 e. The van der Waals surface area contributed by atoms with Gasteiger partial charge in [-0.25, -0.2) is 10.2 Å². The number of benzene rings is 1. The van der Waals surface area contributed by atoms with E-state index in [9.17, 15) is 9.59 Å². The van der Waals surface area contributed by atoms with E-state index in [0.29, 0.717) is 5.56 Å². The van der Waals surface area contributed by atoms with Crippen LogP contribution in [0.3, 0.4) is 0 Å². The normalized spacial score (nSPS) is 10.9. The molecule has 0 aromatic heterocycles. The zero-order chi connectivity index (χ0) is 11.3. The molecule has 5 nitrogen and oxygen atoms in total. The molecule has 2 N–H and O–H groups in total. The number of amides is 1. The van der Waals surface area contributed by atoms with Crippen LogP contribution in [0, 0.1) is 0 Å². The van der Waals surface area contributed by atoms with Gasteiger partial charge in [-0.05, 0) is 19.1 Å². The predicted molar refractivity (Wildman–Crippen MR) is 54.7 cm³/mol. The van der Waals surface area contributed by atoms with Gasteiger partial charge in [0.2, 0.25) is 0 Å². The highest BCUT2D eigenvalue weighted by atomic mass is 16.4. The minimum Gasteiger partial charge on any atom is -0.477 e. The van der Waals surface area contributed by atoms with E-state index in [1.165, 1.54) is 6.92 Å². The van der Waals surface area contributed by atoms with Gasteiger partial charge in [-0.1, -0.05) is 18.2 Å². The zero-order valence-corrected chi connectivity index (χ0v) is 8.10. The Morgan fingerprint density at radius 2 is 1.87 bits per heavy atom. The molecule has 0 aliphatic heterocycles. The summed E-state index contributed by atoms with van der Waals surface area (Å²) in [6, 6.07) is 8.43. The van der Waals surface area contributed by atoms with Gasteiger partial charge in [0.05, 0.1) is 0 Å². The Kier molecular flexibility index (Phi) is 3.56. The summed E-state index contributed by atoms with van der Waals surface area (Å²) in [5.41, 5.74) is 2.41. The Morgan fingerprint density at radius 3 is 2.40 bits per heavy atom. The first-order chi connectivity index (χ1) is 7.11. The maximum Gasteiger partial charge on any atom is 0.351 e. The van der Waals surface area contributed by atoms with Gasteiger partial charge in [0.1, 0.15) is 5.71 Å². The van der Waals surface area contributed by atoms with Crippen LogP contribution < -0.4 is 5.43 Å². The Hall–Kier alpha value is -2.17. The van der Waals surface area contributed by atoms with Crippen LogP contribution in [0.4, 0.5) is 0 Å². The van der Waals surface area contributed by atoms with Crippen molar-refractivity contribution in [2.24, 2.45) is 5.10 Å². The molecular weight excluding hydrogens is 196 g/mol. The Labute approximate surface area is 86.4 Å². The highest BCUT2D eigenvalue weighted by Gasteiger charge is 2.05. The summed E-state index contributed by atoms with van der Waals surface area (Å²) in [6.45, 7) is 1.30. The van der Waals surface area contributed by atoms with E-state index in [-0.39, 0.29) is 5.71 Å². The van der Waals surface area contributed by atoms with Gasteiger partial charge in [0, 0.05) is 5.56 Å². The number of carbonyl (C=O) groups excluding carboxylic acids is 1. The fraction of sp³-hybridized carbons (Fsp3) is 0.100. The molecule has 0 saturated heterocycles. The molecule has 0 fully saturated rings. The molecule has 0 aliphatic rings. The Bertz CT molecular complexity index is 398. The van der Waals surface area contributed by atoms with Crippen molar-refractivity contribution in [2.75, 3.05) is 0 Å². The van der Waals surface area contributed by atoms with Crippen molar-refractivity contribution in [3.8, 4) is 0 Å². The molecule has 0 heterocycles. The second kappa shape index (κ2) is 4.90. The third kappa shape index (κ3) is 3.22. The number of aliphatic carboxylic acids is 1. The predicted octanol–water partition coefficient (Wildman–Crippen LogP) is 0.877. The van der Waals surface area contributed by atoms with E-state index < -0.39 is 11.9 Å². The number of nitrogens with zero attached hydrogens (tertiary/aromatic N) is 1. The van der Waals surface area contributed by atoms with Crippen LogP contribution in [-0.4, -0.2) is 22.7 Å². The number of nitrogens with one attached hydrogen (secondary N) is 1. The van der Waals surface area contributed by atoms with E-state index in [1.54, 1.807) is 30.3 Å². The van der Waals surface area contributed by atoms with E-state index >= 15 is 0 Å². The van der Waals surface area contributed by atoms with Gasteiger partial charge in [-0.3, -0.25) is 4.79 Å². The number of hydrogen-bond donors (Lipinski definition) is 2. The van der Waals surface area contributed by atoms with E-state index in [2.05, 4.69) is 10.5 Å². The molecule has 0 atom stereocenters. The van der Waals surface area contributed by atoms with Crippen LogP contribution >= 0.6 is 0 Å². The molecule has 0 unspecified atom stereocenters. The van der Waals surface area contributed by atoms with Crippen molar-refractivity contribution >= 4 is 17.6 Å². The van der Waals surface area contributed by atoms with Crippen molar-refractivity contribution in [3.63, 3.8) is 0 Å². The molecule has 0 bridgehead atoms. The van der Waals surface area contributed by atoms with Crippen molar-refractivity contribution in [1.82, 2.24) is 5.43 Å². The standard InChI is InChI=1S/C10H10N2O3/c1-7(10(14)15)11-12-9(13)8-5-3-2-4-6-8/h2-6H,1H3,(H,12,13)(H,14,15). The molecule has 1 aromatic rings. The van der Waals surface area contributed by atoms with Crippen molar-refractivity contribution in [3.05, 3.63) is 35.9 Å². The zero-order valence-electron chi connectivity index (χ0n) is 8.10. The second-order valence-electron chi connectivity index (χ2n) is 2.81. The highest BCUT2D eigenvalue weighted by Crippen LogP contribution is 1.97. The van der Waals surface area contributed by atoms with Gasteiger partial charge in [-0.15, -0.1) is 0 Å². The lowest BCUT2D eigenvalue weighted by Gasteiger charge is -1.99. The Balaban J connectivity index is 2.66. The summed E-state index contributed by atoms with van der Waals surface area (Å²) in [5.74, 6) is -1.60. The lowest BCUT2D eigenvalue weighted by Crippen LogP contribution is -2.21. The van der Waals surface area contributed by atoms with E-state index in [4.69, 9.17) is 5.11 Å². The van der Waals surface area contributed by atoms with Gasteiger partial charge >= 0.3 is 5.97 Å². The summed E-state index contributed by atoms with van der Waals surface area (Å²) in [5, 5.41) is 11.9. The number of hydrazone groups is 1. The monoisotopic (exact) mass is 206 g/mol. The first-order valence-corrected chi connectivity index (χ1v) is 4.24. The molecule has 5 heteroatoms. The van der Waals surface area contributed by atoms with Gasteiger partial charge in [0.15, 0.2) is 0 Å². The topological polar surface area (TPSA) is 78.8 Å². The number of hydrogen-bond acceptors (Lipinski definition) is 3. The van der Waals surface area contributed by atoms with Gasteiger partial charge < -0.3 is 5.11 Å². The van der Waals surface area contributed by atoms with Crippen LogP contribution in [0.2, 0.25) is 0 Å². The van der Waals surface area contributed by atoms with Crippen LogP contribution in [-0.2, 0) is 4.79 Å². The maximum atomic E-state index is 11.4. The summed E-state index contributed by atoms with van der Waals surface area (Å²) in [4.78, 5) is 21.7. The number of carboxylic acid groups (broad SMARTS) is 1. The highest BCUT2D eigenvalue weighted by molar-refractivity contribution is 6.34. The molecule has 1 rings (SSSR count). The SMILES string of the molecule is CC(=NNC(=O)c1ccccc1)C(=O)O. The molecule has 1 amide bonds.